The van der Waals surface area contributed by atoms with Crippen molar-refractivity contribution in [3.63, 3.8) is 0 Å². The Morgan fingerprint density at radius 3 is 2.58 bits per heavy atom. The number of aliphatic hydroxyl groups excluding tert-OH is 1. The van der Waals surface area contributed by atoms with Crippen LogP contribution in [0.15, 0.2) is 22.8 Å². The second kappa shape index (κ2) is 6.84. The van der Waals surface area contributed by atoms with E-state index in [1.807, 2.05) is 6.08 Å². The number of ketones is 2. The molecule has 1 N–H and O–H groups in total. The second-order valence-electron chi connectivity index (χ2n) is 9.22. The van der Waals surface area contributed by atoms with Crippen LogP contribution in [0.25, 0.3) is 0 Å². The Labute approximate surface area is 173 Å². The number of carbonyl (C=O) groups is 2. The molecule has 0 aliphatic heterocycles. The quantitative estimate of drug-likeness (QED) is 0.592. The van der Waals surface area contributed by atoms with E-state index in [1.54, 1.807) is 12.5 Å². The molecule has 0 bridgehead atoms. The maximum atomic E-state index is 12.8. The van der Waals surface area contributed by atoms with Gasteiger partial charge in [-0.25, -0.2) is 0 Å². The summed E-state index contributed by atoms with van der Waals surface area (Å²) in [7, 11) is 0. The fraction of sp³-hybridized carbons (Fsp3) is 0.727. The van der Waals surface area contributed by atoms with Crippen LogP contribution in [0.5, 0.6) is 0 Å². The molecular formula is C22H31IO3. The highest BCUT2D eigenvalue weighted by Gasteiger charge is 2.62. The van der Waals surface area contributed by atoms with Crippen molar-refractivity contribution in [1.29, 1.82) is 0 Å². The van der Waals surface area contributed by atoms with Crippen molar-refractivity contribution in [3.05, 3.63) is 22.8 Å². The molecule has 0 aromatic carbocycles. The number of carbonyl (C=O) groups excluding carboxylic acids is 2. The summed E-state index contributed by atoms with van der Waals surface area (Å²) in [6, 6.07) is 0. The fourth-order valence-electron chi connectivity index (χ4n) is 6.67. The number of hydrogen-bond acceptors (Lipinski definition) is 3. The van der Waals surface area contributed by atoms with Crippen molar-refractivity contribution in [2.24, 2.45) is 22.7 Å². The predicted molar refractivity (Wildman–Crippen MR) is 112 cm³/mol. The molecule has 0 aromatic rings. The van der Waals surface area contributed by atoms with E-state index in [0.29, 0.717) is 18.3 Å². The van der Waals surface area contributed by atoms with E-state index in [0.717, 1.165) is 44.9 Å². The molecule has 0 heterocycles. The molecule has 4 heteroatoms. The summed E-state index contributed by atoms with van der Waals surface area (Å²) >= 11 is 0. The molecule has 4 aliphatic rings. The summed E-state index contributed by atoms with van der Waals surface area (Å²) in [6.45, 7) is 6.03. The molecular weight excluding hydrogens is 439 g/mol. The second-order valence-corrected chi connectivity index (χ2v) is 9.22. The van der Waals surface area contributed by atoms with E-state index in [-0.39, 0.29) is 41.0 Å². The summed E-state index contributed by atoms with van der Waals surface area (Å²) in [5.74, 6) is 1.43. The molecule has 2 fully saturated rings. The van der Waals surface area contributed by atoms with Crippen molar-refractivity contribution in [3.8, 4) is 0 Å². The average molecular weight is 470 g/mol. The third kappa shape index (κ3) is 2.69. The standard InChI is InChI=1S/C22H30O3.HI/c1-13(23)20(25)22(3)11-9-19-18-6-4-14-12-15(24)5-7-16(14)17(18)8-10-21(19,22)2;/h12-13,18-19,23H,4-11H2,1-3H3;1H/t13-,18+,19?,21-,22+;/m0./s1. The summed E-state index contributed by atoms with van der Waals surface area (Å²) in [5.41, 5.74) is 3.96. The molecule has 0 amide bonds. The van der Waals surface area contributed by atoms with Crippen LogP contribution in [0.1, 0.15) is 72.1 Å². The van der Waals surface area contributed by atoms with Crippen LogP contribution in [0.2, 0.25) is 0 Å². The number of rotatable bonds is 2. The lowest BCUT2D eigenvalue weighted by atomic mass is 9.51. The molecule has 3 nitrogen and oxygen atoms in total. The monoisotopic (exact) mass is 470 g/mol. The lowest BCUT2D eigenvalue weighted by molar-refractivity contribution is -0.144. The van der Waals surface area contributed by atoms with E-state index in [1.165, 1.54) is 11.1 Å². The Morgan fingerprint density at radius 1 is 1.15 bits per heavy atom. The van der Waals surface area contributed by atoms with Crippen molar-refractivity contribution < 1.29 is 14.7 Å². The van der Waals surface area contributed by atoms with Gasteiger partial charge in [-0.3, -0.25) is 9.59 Å². The van der Waals surface area contributed by atoms with Gasteiger partial charge in [-0.2, -0.15) is 0 Å². The van der Waals surface area contributed by atoms with Crippen molar-refractivity contribution in [2.45, 2.75) is 78.2 Å². The molecule has 0 radical (unpaired) electrons. The van der Waals surface area contributed by atoms with Gasteiger partial charge in [0.25, 0.3) is 0 Å². The molecule has 0 aromatic heterocycles. The lowest BCUT2D eigenvalue weighted by Crippen LogP contribution is -2.50. The van der Waals surface area contributed by atoms with Gasteiger partial charge in [0.15, 0.2) is 11.6 Å². The van der Waals surface area contributed by atoms with Gasteiger partial charge in [0.05, 0.1) is 0 Å². The zero-order valence-electron chi connectivity index (χ0n) is 16.1. The molecule has 0 saturated heterocycles. The lowest BCUT2D eigenvalue weighted by Gasteiger charge is -2.52. The van der Waals surface area contributed by atoms with Crippen molar-refractivity contribution >= 4 is 35.5 Å². The van der Waals surface area contributed by atoms with E-state index >= 15 is 0 Å². The Balaban J connectivity index is 0.00000196. The maximum Gasteiger partial charge on any atom is 0.167 e. The minimum atomic E-state index is -0.870. The number of fused-ring (bicyclic) bond motifs is 4. The molecule has 0 spiro atoms. The number of Topliss-reactive ketones (excluding diaryl/α,β-unsaturated/α-hetero) is 1. The van der Waals surface area contributed by atoms with E-state index < -0.39 is 11.5 Å². The summed E-state index contributed by atoms with van der Waals surface area (Å²) in [4.78, 5) is 24.6. The first kappa shape index (κ1) is 20.2. The van der Waals surface area contributed by atoms with Crippen LogP contribution in [-0.4, -0.2) is 22.8 Å². The van der Waals surface area contributed by atoms with Gasteiger partial charge in [0.2, 0.25) is 0 Å². The molecule has 26 heavy (non-hydrogen) atoms. The SMILES string of the molecule is C[C@H](O)C(=O)[C@@]1(C)CCC2[C@@H]3CCC4=CC(=O)CCC4=C3CC[C@@]21C.I. The third-order valence-corrected chi connectivity index (χ3v) is 8.26. The van der Waals surface area contributed by atoms with E-state index in [2.05, 4.69) is 13.8 Å². The van der Waals surface area contributed by atoms with Crippen molar-refractivity contribution in [2.75, 3.05) is 0 Å². The summed E-state index contributed by atoms with van der Waals surface area (Å²) in [6.07, 6.45) is 8.82. The molecule has 2 saturated carbocycles. The fourth-order valence-corrected chi connectivity index (χ4v) is 6.67. The van der Waals surface area contributed by atoms with Crippen LogP contribution in [0.4, 0.5) is 0 Å². The van der Waals surface area contributed by atoms with Crippen LogP contribution in [0.3, 0.4) is 0 Å². The highest BCUT2D eigenvalue weighted by atomic mass is 127. The van der Waals surface area contributed by atoms with Crippen LogP contribution >= 0.6 is 24.0 Å². The summed E-state index contributed by atoms with van der Waals surface area (Å²) < 4.78 is 0. The van der Waals surface area contributed by atoms with Crippen molar-refractivity contribution in [1.82, 2.24) is 0 Å². The first-order valence-corrected chi connectivity index (χ1v) is 9.96. The molecule has 1 unspecified atom stereocenters. The first-order valence-electron chi connectivity index (χ1n) is 9.96. The minimum Gasteiger partial charge on any atom is -0.386 e. The van der Waals surface area contributed by atoms with Gasteiger partial charge in [-0.05, 0) is 86.3 Å². The molecule has 4 rings (SSSR count). The zero-order chi connectivity index (χ0) is 18.0. The van der Waals surface area contributed by atoms with E-state index in [4.69, 9.17) is 0 Å². The Morgan fingerprint density at radius 2 is 1.88 bits per heavy atom. The van der Waals surface area contributed by atoms with Gasteiger partial charge >= 0.3 is 0 Å². The van der Waals surface area contributed by atoms with Gasteiger partial charge < -0.3 is 5.11 Å². The normalized spacial score (nSPS) is 40.0. The summed E-state index contributed by atoms with van der Waals surface area (Å²) in [5, 5.41) is 9.96. The highest BCUT2D eigenvalue weighted by molar-refractivity contribution is 14.0. The topological polar surface area (TPSA) is 54.4 Å². The number of aliphatic hydroxyl groups is 1. The highest BCUT2D eigenvalue weighted by Crippen LogP contribution is 2.67. The van der Waals surface area contributed by atoms with Crippen LogP contribution < -0.4 is 0 Å². The predicted octanol–water partition coefficient (Wildman–Crippen LogP) is 4.77. The van der Waals surface area contributed by atoms with E-state index in [9.17, 15) is 14.7 Å². The van der Waals surface area contributed by atoms with Crippen LogP contribution in [0, 0.1) is 22.7 Å². The smallest absolute Gasteiger partial charge is 0.167 e. The Bertz CT molecular complexity index is 704. The third-order valence-electron chi connectivity index (χ3n) is 8.26. The molecule has 4 aliphatic carbocycles. The number of allylic oxidation sites excluding steroid dienone is 4. The number of halogens is 1. The van der Waals surface area contributed by atoms with Gasteiger partial charge in [-0.15, -0.1) is 24.0 Å². The molecule has 144 valence electrons. The minimum absolute atomic E-state index is 0. The molecule has 5 atom stereocenters. The van der Waals surface area contributed by atoms with Gasteiger partial charge in [0.1, 0.15) is 6.10 Å². The van der Waals surface area contributed by atoms with Gasteiger partial charge in [-0.1, -0.05) is 19.4 Å². The van der Waals surface area contributed by atoms with Crippen LogP contribution in [-0.2, 0) is 9.59 Å². The first-order chi connectivity index (χ1) is 11.8. The maximum absolute atomic E-state index is 12.8. The number of hydrogen-bond donors (Lipinski definition) is 1. The van der Waals surface area contributed by atoms with Gasteiger partial charge in [0, 0.05) is 11.8 Å². The average Bonchev–Trinajstić information content (AvgIpc) is 2.86. The largest absolute Gasteiger partial charge is 0.386 e. The zero-order valence-corrected chi connectivity index (χ0v) is 18.5. The Hall–Kier alpha value is -0.490. The Kier molecular flexibility index (Phi) is 5.33.